The summed E-state index contributed by atoms with van der Waals surface area (Å²) in [5.41, 5.74) is 1.51. The first kappa shape index (κ1) is 17.5. The third-order valence-electron chi connectivity index (χ3n) is 4.95. The maximum absolute atomic E-state index is 13.8. The van der Waals surface area contributed by atoms with Crippen molar-refractivity contribution in [3.8, 4) is 0 Å². The van der Waals surface area contributed by atoms with Crippen LogP contribution < -0.4 is 10.9 Å². The summed E-state index contributed by atoms with van der Waals surface area (Å²) >= 11 is 0. The molecule has 146 valence electrons. The third-order valence-corrected chi connectivity index (χ3v) is 4.95. The van der Waals surface area contributed by atoms with Crippen LogP contribution in [0, 0.1) is 11.6 Å². The van der Waals surface area contributed by atoms with Crippen LogP contribution in [0.5, 0.6) is 0 Å². The monoisotopic (exact) mass is 395 g/mol. The predicted octanol–water partition coefficient (Wildman–Crippen LogP) is 2.84. The molecule has 0 atom stereocenters. The van der Waals surface area contributed by atoms with Gasteiger partial charge in [0.05, 0.1) is 16.9 Å². The maximum atomic E-state index is 13.8. The number of halogens is 2. The highest BCUT2D eigenvalue weighted by atomic mass is 19.1. The van der Waals surface area contributed by atoms with E-state index in [2.05, 4.69) is 15.4 Å². The molecule has 1 N–H and O–H groups in total. The minimum atomic E-state index is -0.891. The fourth-order valence-corrected chi connectivity index (χ4v) is 3.38. The molecule has 7 nitrogen and oxygen atoms in total. The average Bonchev–Trinajstić information content (AvgIpc) is 3.45. The Morgan fingerprint density at radius 2 is 2.00 bits per heavy atom. The molecule has 1 amide bonds. The number of carbonyl (C=O) groups is 1. The minimum absolute atomic E-state index is 0.159. The Bertz CT molecular complexity index is 1340. The second-order valence-electron chi connectivity index (χ2n) is 7.05. The van der Waals surface area contributed by atoms with Crippen molar-refractivity contribution in [2.24, 2.45) is 0 Å². The van der Waals surface area contributed by atoms with E-state index in [-0.39, 0.29) is 17.8 Å². The van der Waals surface area contributed by atoms with Gasteiger partial charge < -0.3 is 5.32 Å². The third kappa shape index (κ3) is 3.04. The number of benzene rings is 1. The molecule has 0 saturated heterocycles. The van der Waals surface area contributed by atoms with Crippen LogP contribution in [0.25, 0.3) is 16.7 Å². The Labute approximate surface area is 162 Å². The Kier molecular flexibility index (Phi) is 3.90. The number of fused-ring (bicyclic) bond motifs is 3. The fraction of sp³-hybridized carbons (Fsp3) is 0.200. The summed E-state index contributed by atoms with van der Waals surface area (Å²) in [6.07, 6.45) is 3.66. The summed E-state index contributed by atoms with van der Waals surface area (Å²) in [5, 5.41) is 6.90. The van der Waals surface area contributed by atoms with E-state index in [1.54, 1.807) is 24.4 Å². The number of nitrogens with one attached hydrogen (secondary N) is 1. The second-order valence-corrected chi connectivity index (χ2v) is 7.05. The van der Waals surface area contributed by atoms with Gasteiger partial charge in [0, 0.05) is 18.2 Å². The molecule has 29 heavy (non-hydrogen) atoms. The average molecular weight is 395 g/mol. The van der Waals surface area contributed by atoms with E-state index in [9.17, 15) is 18.4 Å². The first-order chi connectivity index (χ1) is 14.0. The van der Waals surface area contributed by atoms with Gasteiger partial charge in [0.1, 0.15) is 23.7 Å². The van der Waals surface area contributed by atoms with Gasteiger partial charge in [-0.1, -0.05) is 0 Å². The molecule has 0 spiro atoms. The maximum Gasteiger partial charge on any atom is 0.277 e. The predicted molar refractivity (Wildman–Crippen MR) is 102 cm³/mol. The number of anilines is 1. The Morgan fingerprint density at radius 3 is 2.76 bits per heavy atom. The van der Waals surface area contributed by atoms with Crippen molar-refractivity contribution in [1.29, 1.82) is 0 Å². The number of aromatic nitrogens is 4. The molecule has 3 heterocycles. The van der Waals surface area contributed by atoms with E-state index in [4.69, 9.17) is 0 Å². The van der Waals surface area contributed by atoms with Gasteiger partial charge in [0.25, 0.3) is 5.56 Å². The van der Waals surface area contributed by atoms with Crippen LogP contribution in [-0.2, 0) is 11.3 Å². The highest BCUT2D eigenvalue weighted by Crippen LogP contribution is 2.39. The lowest BCUT2D eigenvalue weighted by Gasteiger charge is -2.12. The summed E-state index contributed by atoms with van der Waals surface area (Å²) in [4.78, 5) is 29.9. The van der Waals surface area contributed by atoms with Crippen molar-refractivity contribution in [3.05, 3.63) is 70.3 Å². The Balaban J connectivity index is 1.57. The molecule has 1 aromatic carbocycles. The van der Waals surface area contributed by atoms with E-state index in [1.807, 2.05) is 0 Å². The molecule has 3 aromatic heterocycles. The minimum Gasteiger partial charge on any atom is -0.322 e. The van der Waals surface area contributed by atoms with E-state index in [0.29, 0.717) is 28.7 Å². The quantitative estimate of drug-likeness (QED) is 0.576. The first-order valence-corrected chi connectivity index (χ1v) is 9.13. The molecule has 9 heteroatoms. The fourth-order valence-electron chi connectivity index (χ4n) is 3.38. The lowest BCUT2D eigenvalue weighted by atomic mass is 10.3. The highest BCUT2D eigenvalue weighted by Gasteiger charge is 2.28. The molecule has 1 fully saturated rings. The van der Waals surface area contributed by atoms with Crippen LogP contribution in [0.2, 0.25) is 0 Å². The first-order valence-electron chi connectivity index (χ1n) is 9.13. The number of carbonyl (C=O) groups excluding carboxylic acids is 1. The second kappa shape index (κ2) is 6.47. The number of rotatable bonds is 4. The number of hydrogen-bond acceptors (Lipinski definition) is 4. The van der Waals surface area contributed by atoms with Gasteiger partial charge in [-0.25, -0.2) is 18.3 Å². The smallest absolute Gasteiger partial charge is 0.277 e. The van der Waals surface area contributed by atoms with E-state index in [0.717, 1.165) is 30.7 Å². The zero-order valence-corrected chi connectivity index (χ0v) is 15.1. The van der Waals surface area contributed by atoms with Gasteiger partial charge in [-0.3, -0.25) is 14.2 Å². The summed E-state index contributed by atoms with van der Waals surface area (Å²) in [6.45, 7) is -0.349. The zero-order chi connectivity index (χ0) is 20.1. The molecule has 1 saturated carbocycles. The van der Waals surface area contributed by atoms with E-state index < -0.39 is 17.5 Å². The molecular formula is C20H15F2N5O2. The molecule has 0 bridgehead atoms. The van der Waals surface area contributed by atoms with Gasteiger partial charge in [-0.15, -0.1) is 0 Å². The molecule has 0 radical (unpaired) electrons. The van der Waals surface area contributed by atoms with Crippen LogP contribution in [0.3, 0.4) is 0 Å². The van der Waals surface area contributed by atoms with Crippen molar-refractivity contribution in [1.82, 2.24) is 19.2 Å². The van der Waals surface area contributed by atoms with Crippen LogP contribution in [0.1, 0.15) is 24.5 Å². The Hall–Kier alpha value is -3.62. The van der Waals surface area contributed by atoms with Crippen LogP contribution in [0.15, 0.2) is 47.4 Å². The van der Waals surface area contributed by atoms with Gasteiger partial charge in [0.2, 0.25) is 5.91 Å². The van der Waals surface area contributed by atoms with E-state index >= 15 is 0 Å². The number of pyridine rings is 1. The van der Waals surface area contributed by atoms with Crippen molar-refractivity contribution >= 4 is 28.3 Å². The standard InChI is InChI=1S/C20H15F2N5O2/c21-12-5-6-14(13(22)8-12)24-18(28)10-26-16-2-1-7-23-19(16)27-17(20(26)29)9-15(25-27)11-3-4-11/h1-2,5-9,11H,3-4,10H2,(H,24,28). The molecule has 0 unspecified atom stereocenters. The SMILES string of the molecule is O=C(Cn1c(=O)c2cc(C3CC3)nn2c2ncccc21)Nc1ccc(F)cc1F. The van der Waals surface area contributed by atoms with Gasteiger partial charge in [-0.05, 0) is 43.2 Å². The van der Waals surface area contributed by atoms with Crippen molar-refractivity contribution in [2.75, 3.05) is 5.32 Å². The zero-order valence-electron chi connectivity index (χ0n) is 15.1. The Morgan fingerprint density at radius 1 is 1.17 bits per heavy atom. The van der Waals surface area contributed by atoms with Crippen LogP contribution in [0.4, 0.5) is 14.5 Å². The van der Waals surface area contributed by atoms with Gasteiger partial charge in [-0.2, -0.15) is 5.10 Å². The molecule has 0 aliphatic heterocycles. The lowest BCUT2D eigenvalue weighted by molar-refractivity contribution is -0.116. The largest absolute Gasteiger partial charge is 0.322 e. The molecule has 1 aliphatic rings. The van der Waals surface area contributed by atoms with E-state index in [1.165, 1.54) is 9.08 Å². The summed E-state index contributed by atoms with van der Waals surface area (Å²) < 4.78 is 29.7. The normalized spacial score (nSPS) is 13.9. The number of amides is 1. The van der Waals surface area contributed by atoms with Crippen LogP contribution in [-0.4, -0.2) is 25.1 Å². The van der Waals surface area contributed by atoms with Crippen molar-refractivity contribution in [3.63, 3.8) is 0 Å². The van der Waals surface area contributed by atoms with Gasteiger partial charge in [0.15, 0.2) is 5.65 Å². The lowest BCUT2D eigenvalue weighted by Crippen LogP contribution is -2.29. The molecule has 1 aliphatic carbocycles. The summed E-state index contributed by atoms with van der Waals surface area (Å²) in [6, 6.07) is 7.93. The number of hydrogen-bond donors (Lipinski definition) is 1. The molecule has 5 rings (SSSR count). The molecule has 4 aromatic rings. The summed E-state index contributed by atoms with van der Waals surface area (Å²) in [5.74, 6) is -1.90. The summed E-state index contributed by atoms with van der Waals surface area (Å²) in [7, 11) is 0. The van der Waals surface area contributed by atoms with Gasteiger partial charge >= 0.3 is 0 Å². The molecular weight excluding hydrogens is 380 g/mol. The van der Waals surface area contributed by atoms with Crippen LogP contribution >= 0.6 is 0 Å². The van der Waals surface area contributed by atoms with Crippen molar-refractivity contribution in [2.45, 2.75) is 25.3 Å². The van der Waals surface area contributed by atoms with Crippen molar-refractivity contribution < 1.29 is 13.6 Å². The highest BCUT2D eigenvalue weighted by molar-refractivity contribution is 5.91. The topological polar surface area (TPSA) is 81.3 Å². The number of nitrogens with zero attached hydrogens (tertiary/aromatic N) is 4.